The topological polar surface area (TPSA) is 76.2 Å². The highest BCUT2D eigenvalue weighted by atomic mass is 19.1. The van der Waals surface area contributed by atoms with E-state index in [0.717, 1.165) is 5.01 Å². The van der Waals surface area contributed by atoms with Crippen LogP contribution in [0, 0.1) is 5.82 Å². The summed E-state index contributed by atoms with van der Waals surface area (Å²) in [5.74, 6) is -1.22. The van der Waals surface area contributed by atoms with Crippen LogP contribution in [-0.2, 0) is 19.8 Å². The van der Waals surface area contributed by atoms with Crippen molar-refractivity contribution in [3.63, 3.8) is 0 Å². The monoisotopic (exact) mass is 366 g/mol. The zero-order valence-electron chi connectivity index (χ0n) is 15.5. The fraction of sp³-hybridized carbons (Fsp3) is 0.500. The Balaban J connectivity index is 2.50. The second-order valence-corrected chi connectivity index (χ2v) is 6.52. The molecule has 0 aliphatic carbocycles. The smallest absolute Gasteiger partial charge is 0.436 e. The Bertz CT molecular complexity index is 721. The van der Waals surface area contributed by atoms with Crippen molar-refractivity contribution >= 4 is 18.1 Å². The van der Waals surface area contributed by atoms with Crippen molar-refractivity contribution < 1.29 is 28.2 Å². The lowest BCUT2D eigenvalue weighted by Crippen LogP contribution is -2.78. The summed E-state index contributed by atoms with van der Waals surface area (Å²) in [7, 11) is 0. The third kappa shape index (κ3) is 3.23. The lowest BCUT2D eigenvalue weighted by Gasteiger charge is -2.54. The number of benzene rings is 1. The molecule has 1 aromatic carbocycles. The number of hydrogen-bond donors (Lipinski definition) is 0. The summed E-state index contributed by atoms with van der Waals surface area (Å²) >= 11 is 0. The predicted octanol–water partition coefficient (Wildman–Crippen LogP) is 3.58. The summed E-state index contributed by atoms with van der Waals surface area (Å²) in [6, 6.07) is 5.38. The summed E-state index contributed by atoms with van der Waals surface area (Å²) in [5.41, 5.74) is -1.26. The maximum atomic E-state index is 13.7. The molecule has 3 amide bonds. The summed E-state index contributed by atoms with van der Waals surface area (Å²) in [4.78, 5) is 37.8. The highest BCUT2D eigenvalue weighted by Crippen LogP contribution is 2.45. The summed E-state index contributed by atoms with van der Waals surface area (Å²) in [6.45, 7) is 8.21. The maximum Gasteiger partial charge on any atom is 0.436 e. The lowest BCUT2D eigenvalue weighted by atomic mass is 9.81. The van der Waals surface area contributed by atoms with E-state index in [-0.39, 0.29) is 12.0 Å². The highest BCUT2D eigenvalue weighted by Gasteiger charge is 2.65. The van der Waals surface area contributed by atoms with Gasteiger partial charge in [-0.1, -0.05) is 19.1 Å². The number of amides is 3. The molecule has 1 fully saturated rings. The minimum absolute atomic E-state index is 0.133. The molecule has 1 aromatic rings. The molecule has 142 valence electrons. The van der Waals surface area contributed by atoms with Gasteiger partial charge in [-0.2, -0.15) is 5.01 Å². The van der Waals surface area contributed by atoms with Crippen LogP contribution in [0.2, 0.25) is 0 Å². The van der Waals surface area contributed by atoms with Gasteiger partial charge < -0.3 is 9.47 Å². The molecule has 8 heteroatoms. The number of imide groups is 1. The molecule has 0 N–H and O–H groups in total. The maximum absolute atomic E-state index is 13.7. The molecule has 1 atom stereocenters. The Morgan fingerprint density at radius 3 is 2.19 bits per heavy atom. The summed E-state index contributed by atoms with van der Waals surface area (Å²) in [6.07, 6.45) is -2.68. The fourth-order valence-electron chi connectivity index (χ4n) is 2.88. The molecule has 0 aromatic heterocycles. The van der Waals surface area contributed by atoms with Gasteiger partial charge in [0.15, 0.2) is 5.54 Å². The van der Waals surface area contributed by atoms with E-state index < -0.39 is 41.7 Å². The van der Waals surface area contributed by atoms with E-state index in [1.165, 1.54) is 24.3 Å². The molecule has 1 aliphatic heterocycles. The van der Waals surface area contributed by atoms with Gasteiger partial charge in [0, 0.05) is 0 Å². The molecule has 7 nitrogen and oxygen atoms in total. The van der Waals surface area contributed by atoms with Gasteiger partial charge in [-0.3, -0.25) is 4.79 Å². The van der Waals surface area contributed by atoms with Gasteiger partial charge in [0.1, 0.15) is 5.82 Å². The number of carbonyl (C=O) groups is 3. The SMILES string of the molecule is CC[C@@]1(c2cccc(F)c2)C(=O)N(C(=O)OC(C)C)N1C(=O)OC(C)C. The molecule has 0 bridgehead atoms. The first-order valence-corrected chi connectivity index (χ1v) is 8.47. The van der Waals surface area contributed by atoms with Crippen molar-refractivity contribution in [1.82, 2.24) is 10.0 Å². The average Bonchev–Trinajstić information content (AvgIpc) is 2.51. The van der Waals surface area contributed by atoms with E-state index in [0.29, 0.717) is 5.01 Å². The van der Waals surface area contributed by atoms with Gasteiger partial charge in [0.2, 0.25) is 0 Å². The normalized spacial score (nSPS) is 19.6. The molecule has 26 heavy (non-hydrogen) atoms. The standard InChI is InChI=1S/C18H23FN2O5/c1-6-18(13-8-7-9-14(19)10-13)15(22)20(16(23)25-11(2)3)21(18)17(24)26-12(4)5/h7-12H,6H2,1-5H3/t18-/m1/s1. The van der Waals surface area contributed by atoms with E-state index in [1.54, 1.807) is 34.6 Å². The van der Waals surface area contributed by atoms with Crippen molar-refractivity contribution in [2.75, 3.05) is 0 Å². The fourth-order valence-corrected chi connectivity index (χ4v) is 2.88. The Labute approximate surface area is 151 Å². The third-order valence-corrected chi connectivity index (χ3v) is 3.94. The number of hydrazine groups is 1. The van der Waals surface area contributed by atoms with Gasteiger partial charge >= 0.3 is 12.2 Å². The van der Waals surface area contributed by atoms with E-state index in [2.05, 4.69) is 0 Å². The van der Waals surface area contributed by atoms with E-state index in [1.807, 2.05) is 0 Å². The number of carbonyl (C=O) groups excluding carboxylic acids is 3. The van der Waals surface area contributed by atoms with Crippen molar-refractivity contribution in [2.24, 2.45) is 0 Å². The number of nitrogens with zero attached hydrogens (tertiary/aromatic N) is 2. The van der Waals surface area contributed by atoms with Crippen LogP contribution in [0.15, 0.2) is 24.3 Å². The van der Waals surface area contributed by atoms with Gasteiger partial charge in [-0.25, -0.2) is 14.0 Å². The van der Waals surface area contributed by atoms with Crippen molar-refractivity contribution in [1.29, 1.82) is 0 Å². The second-order valence-electron chi connectivity index (χ2n) is 6.52. The second kappa shape index (κ2) is 7.31. The Kier molecular flexibility index (Phi) is 5.53. The largest absolute Gasteiger partial charge is 0.445 e. The average molecular weight is 366 g/mol. The first-order chi connectivity index (χ1) is 12.1. The van der Waals surface area contributed by atoms with Crippen LogP contribution in [0.4, 0.5) is 14.0 Å². The van der Waals surface area contributed by atoms with Crippen LogP contribution in [-0.4, -0.2) is 40.3 Å². The first-order valence-electron chi connectivity index (χ1n) is 8.47. The molecule has 1 heterocycles. The number of halogens is 1. The van der Waals surface area contributed by atoms with Crippen LogP contribution in [0.1, 0.15) is 46.6 Å². The van der Waals surface area contributed by atoms with Crippen LogP contribution in [0.3, 0.4) is 0 Å². The van der Waals surface area contributed by atoms with Crippen molar-refractivity contribution in [2.45, 2.75) is 58.8 Å². The summed E-state index contributed by atoms with van der Waals surface area (Å²) < 4.78 is 24.0. The minimum Gasteiger partial charge on any atom is -0.445 e. The van der Waals surface area contributed by atoms with E-state index >= 15 is 0 Å². The van der Waals surface area contributed by atoms with Gasteiger partial charge in [-0.15, -0.1) is 5.01 Å². The first kappa shape index (κ1) is 19.7. The lowest BCUT2D eigenvalue weighted by molar-refractivity contribution is -0.205. The van der Waals surface area contributed by atoms with Crippen molar-refractivity contribution in [3.05, 3.63) is 35.6 Å². The molecule has 0 spiro atoms. The molecule has 0 saturated carbocycles. The third-order valence-electron chi connectivity index (χ3n) is 3.94. The van der Waals surface area contributed by atoms with E-state index in [9.17, 15) is 18.8 Å². The van der Waals surface area contributed by atoms with Crippen molar-refractivity contribution in [3.8, 4) is 0 Å². The minimum atomic E-state index is -1.52. The van der Waals surface area contributed by atoms with Gasteiger partial charge in [0.25, 0.3) is 5.91 Å². The predicted molar refractivity (Wildman–Crippen MR) is 90.3 cm³/mol. The highest BCUT2D eigenvalue weighted by molar-refractivity contribution is 6.06. The Hall–Kier alpha value is -2.64. The van der Waals surface area contributed by atoms with Gasteiger partial charge in [-0.05, 0) is 51.8 Å². The summed E-state index contributed by atoms with van der Waals surface area (Å²) in [5, 5.41) is 1.52. The molecular weight excluding hydrogens is 343 g/mol. The molecule has 0 unspecified atom stereocenters. The number of ether oxygens (including phenoxy) is 2. The van der Waals surface area contributed by atoms with Crippen LogP contribution >= 0.6 is 0 Å². The molecule has 0 radical (unpaired) electrons. The Morgan fingerprint density at radius 2 is 1.69 bits per heavy atom. The Morgan fingerprint density at radius 1 is 1.12 bits per heavy atom. The van der Waals surface area contributed by atoms with E-state index in [4.69, 9.17) is 9.47 Å². The van der Waals surface area contributed by atoms with Crippen LogP contribution < -0.4 is 0 Å². The van der Waals surface area contributed by atoms with Crippen LogP contribution in [0.25, 0.3) is 0 Å². The molecule has 1 aliphatic rings. The number of rotatable bonds is 4. The number of hydrogen-bond acceptors (Lipinski definition) is 5. The quantitative estimate of drug-likeness (QED) is 0.814. The molecule has 2 rings (SSSR count). The van der Waals surface area contributed by atoms with Gasteiger partial charge in [0.05, 0.1) is 12.2 Å². The zero-order chi connectivity index (χ0) is 19.6. The molecule has 1 saturated heterocycles. The van der Waals surface area contributed by atoms with Crippen LogP contribution in [0.5, 0.6) is 0 Å². The zero-order valence-corrected chi connectivity index (χ0v) is 15.5. The molecular formula is C18H23FN2O5.